The van der Waals surface area contributed by atoms with Crippen LogP contribution in [-0.4, -0.2) is 72.8 Å². The van der Waals surface area contributed by atoms with Crippen LogP contribution in [-0.2, 0) is 23.9 Å². The maximum absolute atomic E-state index is 14.0. The van der Waals surface area contributed by atoms with Crippen LogP contribution in [0.3, 0.4) is 0 Å². The van der Waals surface area contributed by atoms with Crippen molar-refractivity contribution in [3.05, 3.63) is 36.4 Å². The second kappa shape index (κ2) is 11.1. The lowest BCUT2D eigenvalue weighted by Crippen LogP contribution is -2.56. The standard InChI is InChI=1S/C29H39N3O6/c1-18(2)37-17-7-16-32-25(27(34)31-19-8-5-4-6-9-19)29-15-14-22(38-29)23(24(29)28(32)35)26(33)30-20-10-12-21(36-3)13-11-20/h10-15,18-19,22-25H,4-9,16-17H2,1-3H3,(H,30,33)(H,31,34)/t22-,23-,24-,25-,29-/m1/s1. The van der Waals surface area contributed by atoms with Crippen LogP contribution in [0, 0.1) is 11.8 Å². The van der Waals surface area contributed by atoms with Crippen LogP contribution in [0.4, 0.5) is 5.69 Å². The van der Waals surface area contributed by atoms with Crippen molar-refractivity contribution in [2.45, 2.75) is 82.3 Å². The molecule has 9 heteroatoms. The Morgan fingerprint density at radius 3 is 2.55 bits per heavy atom. The zero-order valence-corrected chi connectivity index (χ0v) is 22.5. The van der Waals surface area contributed by atoms with E-state index in [2.05, 4.69) is 10.6 Å². The number of amides is 3. The van der Waals surface area contributed by atoms with Crippen molar-refractivity contribution in [3.8, 4) is 5.75 Å². The Labute approximate surface area is 224 Å². The van der Waals surface area contributed by atoms with E-state index in [-0.39, 0.29) is 29.9 Å². The van der Waals surface area contributed by atoms with E-state index < -0.39 is 29.6 Å². The third kappa shape index (κ3) is 4.94. The fraction of sp³-hybridized carbons (Fsp3) is 0.621. The summed E-state index contributed by atoms with van der Waals surface area (Å²) in [5.74, 6) is -1.50. The molecule has 2 N–H and O–H groups in total. The lowest BCUT2D eigenvalue weighted by Gasteiger charge is -2.34. The highest BCUT2D eigenvalue weighted by atomic mass is 16.5. The fourth-order valence-electron chi connectivity index (χ4n) is 6.49. The number of nitrogens with one attached hydrogen (secondary N) is 2. The number of carbonyl (C=O) groups is 3. The molecule has 5 atom stereocenters. The van der Waals surface area contributed by atoms with Crippen LogP contribution >= 0.6 is 0 Å². The zero-order valence-electron chi connectivity index (χ0n) is 22.5. The van der Waals surface area contributed by atoms with E-state index in [1.807, 2.05) is 26.0 Å². The molecule has 0 radical (unpaired) electrons. The summed E-state index contributed by atoms with van der Waals surface area (Å²) in [6.07, 6.45) is 9.06. The molecule has 38 heavy (non-hydrogen) atoms. The third-order valence-corrected chi connectivity index (χ3v) is 8.23. The molecule has 206 valence electrons. The van der Waals surface area contributed by atoms with E-state index in [1.165, 1.54) is 6.42 Å². The molecule has 3 aliphatic heterocycles. The molecule has 1 aromatic rings. The maximum Gasteiger partial charge on any atom is 0.246 e. The van der Waals surface area contributed by atoms with Crippen molar-refractivity contribution < 1.29 is 28.6 Å². The molecule has 0 aromatic heterocycles. The van der Waals surface area contributed by atoms with Gasteiger partial charge in [0.15, 0.2) is 0 Å². The van der Waals surface area contributed by atoms with E-state index in [1.54, 1.807) is 36.3 Å². The van der Waals surface area contributed by atoms with Gasteiger partial charge < -0.3 is 29.7 Å². The molecule has 0 unspecified atom stereocenters. The number of nitrogens with zero attached hydrogens (tertiary/aromatic N) is 1. The molecule has 5 rings (SSSR count). The van der Waals surface area contributed by atoms with Crippen molar-refractivity contribution in [3.63, 3.8) is 0 Å². The quantitative estimate of drug-likeness (QED) is 0.359. The average Bonchev–Trinajstić information content (AvgIpc) is 3.55. The molecule has 3 fully saturated rings. The van der Waals surface area contributed by atoms with Gasteiger partial charge in [0, 0.05) is 24.9 Å². The van der Waals surface area contributed by atoms with Crippen molar-refractivity contribution in [1.29, 1.82) is 0 Å². The molecule has 4 aliphatic rings. The van der Waals surface area contributed by atoms with E-state index in [4.69, 9.17) is 14.2 Å². The first-order chi connectivity index (χ1) is 18.3. The largest absolute Gasteiger partial charge is 0.497 e. The van der Waals surface area contributed by atoms with Gasteiger partial charge >= 0.3 is 0 Å². The lowest BCUT2D eigenvalue weighted by molar-refractivity contribution is -0.141. The number of anilines is 1. The first-order valence-electron chi connectivity index (χ1n) is 13.9. The van der Waals surface area contributed by atoms with E-state index in [0.717, 1.165) is 25.7 Å². The Morgan fingerprint density at radius 2 is 1.87 bits per heavy atom. The number of rotatable bonds is 10. The SMILES string of the molecule is COc1ccc(NC(=O)[C@@H]2[C@H]3C=C[C@@]4(O3)[C@H]2C(=O)N(CCCOC(C)C)[C@@H]4C(=O)NC2CCCCC2)cc1. The van der Waals surface area contributed by atoms with Gasteiger partial charge in [-0.3, -0.25) is 14.4 Å². The van der Waals surface area contributed by atoms with E-state index >= 15 is 0 Å². The fourth-order valence-corrected chi connectivity index (χ4v) is 6.49. The minimum atomic E-state index is -1.15. The molecular weight excluding hydrogens is 486 g/mol. The van der Waals surface area contributed by atoms with Crippen LogP contribution in [0.15, 0.2) is 36.4 Å². The van der Waals surface area contributed by atoms with Crippen LogP contribution in [0.2, 0.25) is 0 Å². The highest BCUT2D eigenvalue weighted by molar-refractivity contribution is 6.02. The summed E-state index contributed by atoms with van der Waals surface area (Å²) in [5, 5.41) is 6.15. The summed E-state index contributed by atoms with van der Waals surface area (Å²) in [6.45, 7) is 4.78. The summed E-state index contributed by atoms with van der Waals surface area (Å²) in [5.41, 5.74) is -0.544. The highest BCUT2D eigenvalue weighted by Gasteiger charge is 2.72. The number of methoxy groups -OCH3 is 1. The second-order valence-corrected chi connectivity index (χ2v) is 11.1. The second-order valence-electron chi connectivity index (χ2n) is 11.1. The molecule has 1 aromatic carbocycles. The number of ether oxygens (including phenoxy) is 3. The highest BCUT2D eigenvalue weighted by Crippen LogP contribution is 2.55. The monoisotopic (exact) mass is 525 g/mol. The molecule has 1 aliphatic carbocycles. The van der Waals surface area contributed by atoms with Crippen LogP contribution < -0.4 is 15.4 Å². The molecular formula is C29H39N3O6. The van der Waals surface area contributed by atoms with Gasteiger partial charge in [-0.1, -0.05) is 31.4 Å². The Balaban J connectivity index is 1.38. The number of carbonyl (C=O) groups excluding carboxylic acids is 3. The van der Waals surface area contributed by atoms with Crippen LogP contribution in [0.5, 0.6) is 5.75 Å². The number of hydrogen-bond donors (Lipinski definition) is 2. The van der Waals surface area contributed by atoms with Gasteiger partial charge in [0.25, 0.3) is 0 Å². The van der Waals surface area contributed by atoms with Gasteiger partial charge in [0.1, 0.15) is 17.4 Å². The van der Waals surface area contributed by atoms with Gasteiger partial charge in [-0.25, -0.2) is 0 Å². The normalized spacial score (nSPS) is 30.1. The molecule has 9 nitrogen and oxygen atoms in total. The molecule has 2 bridgehead atoms. The molecule has 1 saturated carbocycles. The van der Waals surface area contributed by atoms with Crippen molar-refractivity contribution >= 4 is 23.4 Å². The Bertz CT molecular complexity index is 1070. The Morgan fingerprint density at radius 1 is 1.13 bits per heavy atom. The van der Waals surface area contributed by atoms with Crippen molar-refractivity contribution in [2.24, 2.45) is 11.8 Å². The van der Waals surface area contributed by atoms with Gasteiger partial charge in [0.2, 0.25) is 17.7 Å². The smallest absolute Gasteiger partial charge is 0.246 e. The maximum atomic E-state index is 14.0. The number of benzene rings is 1. The first-order valence-corrected chi connectivity index (χ1v) is 13.9. The summed E-state index contributed by atoms with van der Waals surface area (Å²) in [4.78, 5) is 42.9. The Kier molecular flexibility index (Phi) is 7.77. The summed E-state index contributed by atoms with van der Waals surface area (Å²) in [7, 11) is 1.58. The summed E-state index contributed by atoms with van der Waals surface area (Å²) in [6, 6.07) is 6.33. The predicted molar refractivity (Wildman–Crippen MR) is 142 cm³/mol. The van der Waals surface area contributed by atoms with Crippen LogP contribution in [0.1, 0.15) is 52.4 Å². The molecule has 3 amide bonds. The minimum absolute atomic E-state index is 0.0838. The summed E-state index contributed by atoms with van der Waals surface area (Å²) < 4.78 is 17.3. The van der Waals surface area contributed by atoms with Crippen molar-refractivity contribution in [2.75, 3.05) is 25.6 Å². The molecule has 1 spiro atoms. The van der Waals surface area contributed by atoms with Gasteiger partial charge in [-0.05, 0) is 57.4 Å². The van der Waals surface area contributed by atoms with Gasteiger partial charge in [0.05, 0.1) is 31.2 Å². The van der Waals surface area contributed by atoms with Crippen molar-refractivity contribution in [1.82, 2.24) is 10.2 Å². The van der Waals surface area contributed by atoms with E-state index in [0.29, 0.717) is 31.0 Å². The minimum Gasteiger partial charge on any atom is -0.497 e. The van der Waals surface area contributed by atoms with Crippen LogP contribution in [0.25, 0.3) is 0 Å². The topological polar surface area (TPSA) is 106 Å². The predicted octanol–water partition coefficient (Wildman–Crippen LogP) is 3.05. The third-order valence-electron chi connectivity index (χ3n) is 8.23. The lowest BCUT2D eigenvalue weighted by atomic mass is 9.74. The van der Waals surface area contributed by atoms with Gasteiger partial charge in [-0.15, -0.1) is 0 Å². The average molecular weight is 526 g/mol. The zero-order chi connectivity index (χ0) is 26.9. The first kappa shape index (κ1) is 26.7. The van der Waals surface area contributed by atoms with E-state index in [9.17, 15) is 14.4 Å². The Hall–Kier alpha value is -2.91. The number of hydrogen-bond acceptors (Lipinski definition) is 6. The summed E-state index contributed by atoms with van der Waals surface area (Å²) >= 11 is 0. The molecule has 2 saturated heterocycles. The number of likely N-dealkylation sites (tertiary alicyclic amines) is 1. The van der Waals surface area contributed by atoms with Gasteiger partial charge in [-0.2, -0.15) is 0 Å². The molecule has 3 heterocycles. The number of fused-ring (bicyclic) bond motifs is 1.